The van der Waals surface area contributed by atoms with Gasteiger partial charge in [0.2, 0.25) is 0 Å². The first-order valence-corrected chi connectivity index (χ1v) is 9.04. The molecule has 8 heteroatoms. The van der Waals surface area contributed by atoms with Crippen molar-refractivity contribution in [3.8, 4) is 0 Å². The average molecular weight is 389 g/mol. The summed E-state index contributed by atoms with van der Waals surface area (Å²) in [6.07, 6.45) is 0.828. The number of ether oxygens (including phenoxy) is 1. The molecule has 1 aromatic heterocycles. The molecule has 3 rings (SSSR count). The van der Waals surface area contributed by atoms with Gasteiger partial charge in [-0.2, -0.15) is 0 Å². The van der Waals surface area contributed by atoms with Crippen LogP contribution in [0.5, 0.6) is 0 Å². The van der Waals surface area contributed by atoms with Gasteiger partial charge in [0.15, 0.2) is 0 Å². The van der Waals surface area contributed by atoms with Gasteiger partial charge in [-0.25, -0.2) is 9.78 Å². The molecule has 142 valence electrons. The number of rotatable bonds is 4. The molecule has 1 aliphatic rings. The highest BCUT2D eigenvalue weighted by Gasteiger charge is 2.52. The Labute approximate surface area is 164 Å². The van der Waals surface area contributed by atoms with Crippen molar-refractivity contribution in [2.24, 2.45) is 0 Å². The van der Waals surface area contributed by atoms with Gasteiger partial charge in [-0.05, 0) is 39.3 Å². The fraction of sp³-hybridized carbons (Fsp3) is 0.368. The Morgan fingerprint density at radius 2 is 1.81 bits per heavy atom. The standard InChI is InChI=1S/C19H22BClN2O4/c1-18(2)19(3,4)27-20(26-18)15-10-14(21)11-22-16(15)23-17(24)25-12-13-8-6-5-7-9-13/h5-11H,12H2,1-4H3,(H,22,23,24). The minimum atomic E-state index is -0.703. The Hall–Kier alpha value is -2.09. The normalized spacial score (nSPS) is 17.6. The lowest BCUT2D eigenvalue weighted by molar-refractivity contribution is 0.00578. The molecule has 2 heterocycles. The summed E-state index contributed by atoms with van der Waals surface area (Å²) in [5.74, 6) is 0.288. The number of carbonyl (C=O) groups is 1. The van der Waals surface area contributed by atoms with Gasteiger partial charge in [0, 0.05) is 11.7 Å². The lowest BCUT2D eigenvalue weighted by Crippen LogP contribution is -2.41. The molecule has 1 N–H and O–H groups in total. The van der Waals surface area contributed by atoms with Crippen LogP contribution in [-0.2, 0) is 20.7 Å². The monoisotopic (exact) mass is 388 g/mol. The first kappa shape index (κ1) is 19.7. The predicted octanol–water partition coefficient (Wildman–Crippen LogP) is 3.78. The summed E-state index contributed by atoms with van der Waals surface area (Å²) < 4.78 is 17.3. The van der Waals surface area contributed by atoms with Crippen molar-refractivity contribution in [3.05, 3.63) is 53.2 Å². The second-order valence-corrected chi connectivity index (χ2v) is 7.80. The smallest absolute Gasteiger partial charge is 0.444 e. The molecule has 0 atom stereocenters. The summed E-state index contributed by atoms with van der Waals surface area (Å²) >= 11 is 6.10. The summed E-state index contributed by atoms with van der Waals surface area (Å²) in [6, 6.07) is 11.1. The average Bonchev–Trinajstić information content (AvgIpc) is 2.83. The van der Waals surface area contributed by atoms with Crippen LogP contribution >= 0.6 is 11.6 Å². The van der Waals surface area contributed by atoms with E-state index in [9.17, 15) is 4.79 Å². The Kier molecular flexibility index (Phi) is 5.47. The summed E-state index contributed by atoms with van der Waals surface area (Å²) in [5, 5.41) is 3.07. The minimum absolute atomic E-state index is 0.159. The summed E-state index contributed by atoms with van der Waals surface area (Å²) in [7, 11) is -0.703. The van der Waals surface area contributed by atoms with Crippen LogP contribution in [0.4, 0.5) is 10.6 Å². The Morgan fingerprint density at radius 1 is 1.19 bits per heavy atom. The third kappa shape index (κ3) is 4.43. The molecule has 0 spiro atoms. The number of nitrogens with zero attached hydrogens (tertiary/aromatic N) is 1. The van der Waals surface area contributed by atoms with Crippen LogP contribution in [0.25, 0.3) is 0 Å². The van der Waals surface area contributed by atoms with Crippen molar-refractivity contribution >= 4 is 36.1 Å². The topological polar surface area (TPSA) is 69.7 Å². The molecule has 0 saturated carbocycles. The molecule has 1 saturated heterocycles. The van der Waals surface area contributed by atoms with Gasteiger partial charge in [0.05, 0.1) is 16.2 Å². The SMILES string of the molecule is CC1(C)OB(c2cc(Cl)cnc2NC(=O)OCc2ccccc2)OC1(C)C. The van der Waals surface area contributed by atoms with Gasteiger partial charge >= 0.3 is 13.2 Å². The Morgan fingerprint density at radius 3 is 2.44 bits per heavy atom. The number of carbonyl (C=O) groups excluding carboxylic acids is 1. The number of anilines is 1. The number of aromatic nitrogens is 1. The lowest BCUT2D eigenvalue weighted by Gasteiger charge is -2.32. The van der Waals surface area contributed by atoms with E-state index in [-0.39, 0.29) is 12.4 Å². The molecule has 0 unspecified atom stereocenters. The van der Waals surface area contributed by atoms with E-state index in [2.05, 4.69) is 10.3 Å². The number of halogens is 1. The second-order valence-electron chi connectivity index (χ2n) is 7.37. The molecule has 1 amide bonds. The summed E-state index contributed by atoms with van der Waals surface area (Å²) in [5.41, 5.74) is 0.386. The number of benzene rings is 1. The van der Waals surface area contributed by atoms with Gasteiger partial charge in [0.25, 0.3) is 0 Å². The lowest BCUT2D eigenvalue weighted by atomic mass is 9.79. The molecule has 0 radical (unpaired) electrons. The van der Waals surface area contributed by atoms with Crippen LogP contribution in [0.1, 0.15) is 33.3 Å². The molecule has 0 aliphatic carbocycles. The van der Waals surface area contributed by atoms with E-state index in [0.717, 1.165) is 5.56 Å². The molecule has 2 aromatic rings. The van der Waals surface area contributed by atoms with E-state index in [1.807, 2.05) is 58.0 Å². The van der Waals surface area contributed by atoms with Gasteiger partial charge < -0.3 is 14.0 Å². The largest absolute Gasteiger partial charge is 0.498 e. The van der Waals surface area contributed by atoms with E-state index < -0.39 is 24.4 Å². The molecular formula is C19H22BClN2O4. The van der Waals surface area contributed by atoms with Gasteiger partial charge in [0.1, 0.15) is 12.4 Å². The molecule has 1 fully saturated rings. The van der Waals surface area contributed by atoms with Crippen LogP contribution in [0, 0.1) is 0 Å². The number of pyridine rings is 1. The molecule has 6 nitrogen and oxygen atoms in total. The highest BCUT2D eigenvalue weighted by molar-refractivity contribution is 6.64. The number of amides is 1. The third-order valence-electron chi connectivity index (χ3n) is 4.82. The van der Waals surface area contributed by atoms with Crippen LogP contribution < -0.4 is 10.8 Å². The van der Waals surface area contributed by atoms with Crippen molar-refractivity contribution in [1.82, 2.24) is 4.98 Å². The highest BCUT2D eigenvalue weighted by atomic mass is 35.5. The van der Waals surface area contributed by atoms with Crippen LogP contribution in [-0.4, -0.2) is 29.4 Å². The molecular weight excluding hydrogens is 366 g/mol. The van der Waals surface area contributed by atoms with Crippen molar-refractivity contribution in [1.29, 1.82) is 0 Å². The fourth-order valence-electron chi connectivity index (χ4n) is 2.56. The number of hydrogen-bond donors (Lipinski definition) is 1. The second kappa shape index (κ2) is 7.50. The number of nitrogens with one attached hydrogen (secondary N) is 1. The minimum Gasteiger partial charge on any atom is -0.444 e. The summed E-state index contributed by atoms with van der Waals surface area (Å²) in [4.78, 5) is 16.4. The Bertz CT molecular complexity index is 814. The maximum atomic E-state index is 12.2. The highest BCUT2D eigenvalue weighted by Crippen LogP contribution is 2.37. The molecule has 1 aromatic carbocycles. The maximum absolute atomic E-state index is 12.2. The molecule has 1 aliphatic heterocycles. The number of hydrogen-bond acceptors (Lipinski definition) is 5. The zero-order valence-electron chi connectivity index (χ0n) is 15.8. The van der Waals surface area contributed by atoms with Gasteiger partial charge in [-0.15, -0.1) is 0 Å². The van der Waals surface area contributed by atoms with Crippen LogP contribution in [0.2, 0.25) is 5.02 Å². The molecule has 0 bridgehead atoms. The van der Waals surface area contributed by atoms with Crippen molar-refractivity contribution in [2.45, 2.75) is 45.5 Å². The molecule has 27 heavy (non-hydrogen) atoms. The van der Waals surface area contributed by atoms with Crippen LogP contribution in [0.15, 0.2) is 42.6 Å². The predicted molar refractivity (Wildman–Crippen MR) is 105 cm³/mol. The van der Waals surface area contributed by atoms with Gasteiger partial charge in [-0.1, -0.05) is 41.9 Å². The quantitative estimate of drug-likeness (QED) is 0.807. The van der Waals surface area contributed by atoms with E-state index in [0.29, 0.717) is 10.5 Å². The summed E-state index contributed by atoms with van der Waals surface area (Å²) in [6.45, 7) is 7.96. The fourth-order valence-corrected chi connectivity index (χ4v) is 2.73. The zero-order valence-corrected chi connectivity index (χ0v) is 16.5. The van der Waals surface area contributed by atoms with Crippen molar-refractivity contribution in [3.63, 3.8) is 0 Å². The van der Waals surface area contributed by atoms with E-state index in [1.165, 1.54) is 6.20 Å². The van der Waals surface area contributed by atoms with E-state index in [1.54, 1.807) is 6.07 Å². The van der Waals surface area contributed by atoms with E-state index in [4.69, 9.17) is 25.6 Å². The first-order valence-electron chi connectivity index (χ1n) is 8.67. The zero-order chi connectivity index (χ0) is 19.7. The van der Waals surface area contributed by atoms with Crippen molar-refractivity contribution in [2.75, 3.05) is 5.32 Å². The maximum Gasteiger partial charge on any atom is 0.498 e. The Balaban J connectivity index is 1.74. The third-order valence-corrected chi connectivity index (χ3v) is 5.03. The van der Waals surface area contributed by atoms with E-state index >= 15 is 0 Å². The first-order chi connectivity index (χ1) is 12.7. The van der Waals surface area contributed by atoms with Crippen LogP contribution in [0.3, 0.4) is 0 Å². The van der Waals surface area contributed by atoms with Crippen molar-refractivity contribution < 1.29 is 18.8 Å². The van der Waals surface area contributed by atoms with Gasteiger partial charge in [-0.3, -0.25) is 5.32 Å².